The first kappa shape index (κ1) is 12.6. The van der Waals surface area contributed by atoms with E-state index in [-0.39, 0.29) is 22.9 Å². The highest BCUT2D eigenvalue weighted by Gasteiger charge is 2.09. The fraction of sp³-hybridized carbons (Fsp3) is 0.0769. The number of ketones is 1. The first-order valence-corrected chi connectivity index (χ1v) is 5.52. The van der Waals surface area contributed by atoms with E-state index >= 15 is 0 Å². The zero-order valence-corrected chi connectivity index (χ0v) is 9.92. The standard InChI is InChI=1S/C13H8ClF2NO/c14-13-2-1-9(7-17-13)12(18)5-8-3-10(15)6-11(16)4-8/h1-4,6-7H,5H2. The van der Waals surface area contributed by atoms with Crippen molar-refractivity contribution in [3.05, 3.63) is 64.4 Å². The minimum absolute atomic E-state index is 0.0853. The highest BCUT2D eigenvalue weighted by molar-refractivity contribution is 6.29. The van der Waals surface area contributed by atoms with Crippen LogP contribution in [0.2, 0.25) is 5.15 Å². The van der Waals surface area contributed by atoms with Gasteiger partial charge in [0.15, 0.2) is 5.78 Å². The molecule has 0 atom stereocenters. The largest absolute Gasteiger partial charge is 0.294 e. The Hall–Kier alpha value is -1.81. The monoisotopic (exact) mass is 267 g/mol. The van der Waals surface area contributed by atoms with Crippen LogP contribution in [0.4, 0.5) is 8.78 Å². The van der Waals surface area contributed by atoms with Crippen molar-refractivity contribution in [2.24, 2.45) is 0 Å². The van der Waals surface area contributed by atoms with Gasteiger partial charge >= 0.3 is 0 Å². The molecule has 0 aliphatic rings. The molecule has 18 heavy (non-hydrogen) atoms. The van der Waals surface area contributed by atoms with Crippen molar-refractivity contribution in [2.45, 2.75) is 6.42 Å². The molecule has 0 unspecified atom stereocenters. The van der Waals surface area contributed by atoms with E-state index in [1.165, 1.54) is 18.3 Å². The van der Waals surface area contributed by atoms with Crippen molar-refractivity contribution in [2.75, 3.05) is 0 Å². The number of hydrogen-bond acceptors (Lipinski definition) is 2. The minimum Gasteiger partial charge on any atom is -0.294 e. The Morgan fingerprint density at radius 2 is 1.83 bits per heavy atom. The molecular weight excluding hydrogens is 260 g/mol. The second kappa shape index (κ2) is 5.23. The molecule has 0 fully saturated rings. The lowest BCUT2D eigenvalue weighted by Crippen LogP contribution is -2.04. The molecule has 0 aliphatic carbocycles. The Kier molecular flexibility index (Phi) is 3.67. The fourth-order valence-electron chi connectivity index (χ4n) is 1.54. The maximum Gasteiger partial charge on any atom is 0.168 e. The average Bonchev–Trinajstić information content (AvgIpc) is 2.28. The number of Topliss-reactive ketones (excluding diaryl/α,β-unsaturated/α-hetero) is 1. The number of benzene rings is 1. The van der Waals surface area contributed by atoms with Gasteiger partial charge in [-0.1, -0.05) is 11.6 Å². The van der Waals surface area contributed by atoms with E-state index in [4.69, 9.17) is 11.6 Å². The maximum absolute atomic E-state index is 13.0. The second-order valence-corrected chi connectivity index (χ2v) is 4.13. The van der Waals surface area contributed by atoms with Gasteiger partial charge in [-0.3, -0.25) is 4.79 Å². The van der Waals surface area contributed by atoms with Gasteiger partial charge in [0.05, 0.1) is 0 Å². The van der Waals surface area contributed by atoms with Gasteiger partial charge in [0.1, 0.15) is 16.8 Å². The van der Waals surface area contributed by atoms with Gasteiger partial charge in [0.25, 0.3) is 0 Å². The van der Waals surface area contributed by atoms with Crippen LogP contribution in [0, 0.1) is 11.6 Å². The lowest BCUT2D eigenvalue weighted by atomic mass is 10.0. The lowest BCUT2D eigenvalue weighted by molar-refractivity contribution is 0.0992. The molecule has 2 aromatic rings. The van der Waals surface area contributed by atoms with Gasteiger partial charge in [0, 0.05) is 24.2 Å². The summed E-state index contributed by atoms with van der Waals surface area (Å²) in [5, 5.41) is 0.281. The Morgan fingerprint density at radius 1 is 1.17 bits per heavy atom. The molecule has 1 aromatic carbocycles. The van der Waals surface area contributed by atoms with E-state index in [2.05, 4.69) is 4.98 Å². The zero-order chi connectivity index (χ0) is 13.1. The fourth-order valence-corrected chi connectivity index (χ4v) is 1.65. The molecule has 0 amide bonds. The molecule has 1 heterocycles. The summed E-state index contributed by atoms with van der Waals surface area (Å²) >= 11 is 5.60. The van der Waals surface area contributed by atoms with Crippen LogP contribution < -0.4 is 0 Å². The number of pyridine rings is 1. The number of aromatic nitrogens is 1. The van der Waals surface area contributed by atoms with Crippen molar-refractivity contribution in [1.82, 2.24) is 4.98 Å². The molecule has 0 saturated carbocycles. The molecule has 0 N–H and O–H groups in total. The Balaban J connectivity index is 2.18. The molecular formula is C13H8ClF2NO. The van der Waals surface area contributed by atoms with Gasteiger partial charge in [0.2, 0.25) is 0 Å². The Morgan fingerprint density at radius 3 is 2.39 bits per heavy atom. The molecule has 2 rings (SSSR count). The minimum atomic E-state index is -0.702. The average molecular weight is 268 g/mol. The van der Waals surface area contributed by atoms with E-state index in [0.29, 0.717) is 5.56 Å². The first-order chi connectivity index (χ1) is 8.54. The predicted molar refractivity (Wildman–Crippen MR) is 63.6 cm³/mol. The lowest BCUT2D eigenvalue weighted by Gasteiger charge is -2.02. The van der Waals surface area contributed by atoms with Gasteiger partial charge in [-0.25, -0.2) is 13.8 Å². The molecule has 0 aliphatic heterocycles. The van der Waals surface area contributed by atoms with Crippen LogP contribution in [-0.2, 0) is 6.42 Å². The molecule has 5 heteroatoms. The number of rotatable bonds is 3. The van der Waals surface area contributed by atoms with E-state index in [9.17, 15) is 13.6 Å². The third-order valence-electron chi connectivity index (χ3n) is 2.34. The van der Waals surface area contributed by atoms with Crippen molar-refractivity contribution in [3.63, 3.8) is 0 Å². The summed E-state index contributed by atoms with van der Waals surface area (Å²) in [4.78, 5) is 15.6. The van der Waals surface area contributed by atoms with Crippen LogP contribution in [0.3, 0.4) is 0 Å². The molecule has 0 spiro atoms. The number of nitrogens with zero attached hydrogens (tertiary/aromatic N) is 1. The summed E-state index contributed by atoms with van der Waals surface area (Å²) in [7, 11) is 0. The number of carbonyl (C=O) groups is 1. The van der Waals surface area contributed by atoms with Crippen molar-refractivity contribution in [1.29, 1.82) is 0 Å². The summed E-state index contributed by atoms with van der Waals surface area (Å²) in [5.41, 5.74) is 0.636. The smallest absolute Gasteiger partial charge is 0.168 e. The molecule has 0 saturated heterocycles. The quantitative estimate of drug-likeness (QED) is 0.630. The number of halogens is 3. The van der Waals surface area contributed by atoms with Gasteiger partial charge in [-0.2, -0.15) is 0 Å². The summed E-state index contributed by atoms with van der Waals surface area (Å²) in [6.45, 7) is 0. The predicted octanol–water partition coefficient (Wildman–Crippen LogP) is 3.44. The van der Waals surface area contributed by atoms with Gasteiger partial charge < -0.3 is 0 Å². The SMILES string of the molecule is O=C(Cc1cc(F)cc(F)c1)c1ccc(Cl)nc1. The Bertz CT molecular complexity index is 564. The van der Waals surface area contributed by atoms with Crippen LogP contribution in [-0.4, -0.2) is 10.8 Å². The second-order valence-electron chi connectivity index (χ2n) is 3.75. The van der Waals surface area contributed by atoms with Crippen LogP contribution in [0.25, 0.3) is 0 Å². The molecule has 2 nitrogen and oxygen atoms in total. The maximum atomic E-state index is 13.0. The van der Waals surface area contributed by atoms with E-state index in [1.807, 2.05) is 0 Å². The van der Waals surface area contributed by atoms with Crippen LogP contribution >= 0.6 is 11.6 Å². The molecule has 0 bridgehead atoms. The zero-order valence-electron chi connectivity index (χ0n) is 9.16. The molecule has 92 valence electrons. The van der Waals surface area contributed by atoms with Crippen LogP contribution in [0.5, 0.6) is 0 Å². The van der Waals surface area contributed by atoms with E-state index in [1.54, 1.807) is 0 Å². The first-order valence-electron chi connectivity index (χ1n) is 5.14. The highest BCUT2D eigenvalue weighted by Crippen LogP contribution is 2.12. The van der Waals surface area contributed by atoms with Crippen LogP contribution in [0.1, 0.15) is 15.9 Å². The normalized spacial score (nSPS) is 10.4. The topological polar surface area (TPSA) is 30.0 Å². The summed E-state index contributed by atoms with van der Waals surface area (Å²) in [6, 6.07) is 6.03. The van der Waals surface area contributed by atoms with Crippen molar-refractivity contribution in [3.8, 4) is 0 Å². The Labute approximate surface area is 107 Å². The molecule has 0 radical (unpaired) electrons. The number of hydrogen-bond donors (Lipinski definition) is 0. The van der Waals surface area contributed by atoms with Crippen molar-refractivity contribution >= 4 is 17.4 Å². The van der Waals surface area contributed by atoms with Gasteiger partial charge in [-0.05, 0) is 29.8 Å². The van der Waals surface area contributed by atoms with Gasteiger partial charge in [-0.15, -0.1) is 0 Å². The van der Waals surface area contributed by atoms with E-state index < -0.39 is 11.6 Å². The van der Waals surface area contributed by atoms with Crippen molar-refractivity contribution < 1.29 is 13.6 Å². The highest BCUT2D eigenvalue weighted by atomic mass is 35.5. The summed E-state index contributed by atoms with van der Waals surface area (Å²) in [5.74, 6) is -1.68. The van der Waals surface area contributed by atoms with Crippen LogP contribution in [0.15, 0.2) is 36.5 Å². The van der Waals surface area contributed by atoms with E-state index in [0.717, 1.165) is 18.2 Å². The molecule has 1 aromatic heterocycles. The third-order valence-corrected chi connectivity index (χ3v) is 2.56. The third kappa shape index (κ3) is 3.11. The summed E-state index contributed by atoms with van der Waals surface area (Å²) < 4.78 is 25.9. The summed E-state index contributed by atoms with van der Waals surface area (Å²) in [6.07, 6.45) is 1.25. The number of carbonyl (C=O) groups excluding carboxylic acids is 1.